The van der Waals surface area contributed by atoms with Crippen molar-refractivity contribution >= 4 is 16.6 Å². The highest BCUT2D eigenvalue weighted by molar-refractivity contribution is 5.83. The van der Waals surface area contributed by atoms with Gasteiger partial charge in [0.2, 0.25) is 0 Å². The molecule has 0 unspecified atom stereocenters. The summed E-state index contributed by atoms with van der Waals surface area (Å²) in [6.45, 7) is 4.02. The second-order valence-corrected chi connectivity index (χ2v) is 7.79. The molecule has 1 aromatic carbocycles. The van der Waals surface area contributed by atoms with E-state index in [0.717, 1.165) is 53.9 Å². The molecule has 3 aromatic heterocycles. The Morgan fingerprint density at radius 3 is 2.64 bits per heavy atom. The molecule has 0 aliphatic carbocycles. The van der Waals surface area contributed by atoms with E-state index in [2.05, 4.69) is 34.2 Å². The van der Waals surface area contributed by atoms with Crippen LogP contribution in [0.25, 0.3) is 27.7 Å². The average Bonchev–Trinajstić information content (AvgIpc) is 3.08. The summed E-state index contributed by atoms with van der Waals surface area (Å²) in [5, 5.41) is 0.685. The average molecular weight is 373 g/mol. The number of piperidine rings is 1. The van der Waals surface area contributed by atoms with Crippen LogP contribution in [0.5, 0.6) is 0 Å². The molecule has 0 saturated carbocycles. The molecule has 0 bridgehead atoms. The maximum Gasteiger partial charge on any atom is 0.261 e. The van der Waals surface area contributed by atoms with Crippen molar-refractivity contribution in [3.05, 3.63) is 65.1 Å². The Balaban J connectivity index is 1.54. The van der Waals surface area contributed by atoms with Gasteiger partial charge in [-0.3, -0.25) is 9.36 Å². The first-order chi connectivity index (χ1) is 13.6. The minimum Gasteiger partial charge on any atom is -0.306 e. The van der Waals surface area contributed by atoms with Gasteiger partial charge in [0, 0.05) is 18.4 Å². The zero-order chi connectivity index (χ0) is 19.3. The summed E-state index contributed by atoms with van der Waals surface area (Å²) < 4.78 is 3.86. The van der Waals surface area contributed by atoms with Crippen LogP contribution >= 0.6 is 0 Å². The lowest BCUT2D eigenvalue weighted by Crippen LogP contribution is -2.35. The Hall–Kier alpha value is -2.99. The molecule has 1 fully saturated rings. The number of rotatable bonds is 2. The van der Waals surface area contributed by atoms with Crippen molar-refractivity contribution in [3.8, 4) is 11.1 Å². The first-order valence-corrected chi connectivity index (χ1v) is 9.74. The van der Waals surface area contributed by atoms with Gasteiger partial charge >= 0.3 is 0 Å². The molecular formula is C22H23N5O. The second-order valence-electron chi connectivity index (χ2n) is 7.79. The van der Waals surface area contributed by atoms with Gasteiger partial charge in [-0.1, -0.05) is 6.07 Å². The summed E-state index contributed by atoms with van der Waals surface area (Å²) in [4.78, 5) is 24.4. The number of hydrogen-bond donors (Lipinski definition) is 0. The molecule has 142 valence electrons. The van der Waals surface area contributed by atoms with Crippen LogP contribution in [0, 0.1) is 6.92 Å². The zero-order valence-corrected chi connectivity index (χ0v) is 16.2. The van der Waals surface area contributed by atoms with Gasteiger partial charge in [0.15, 0.2) is 0 Å². The molecule has 1 aliphatic heterocycles. The predicted molar refractivity (Wildman–Crippen MR) is 111 cm³/mol. The van der Waals surface area contributed by atoms with Gasteiger partial charge in [0.25, 0.3) is 5.56 Å². The fraction of sp³-hybridized carbons (Fsp3) is 0.318. The van der Waals surface area contributed by atoms with Gasteiger partial charge < -0.3 is 9.30 Å². The van der Waals surface area contributed by atoms with Crippen LogP contribution in [0.2, 0.25) is 0 Å². The Morgan fingerprint density at radius 2 is 1.82 bits per heavy atom. The molecule has 0 spiro atoms. The SMILES string of the molecule is Cc1cn2cc(-c3ccc4c(=O)n(C5CCN(C)CC5)cnc4c3)ccc2n1. The lowest BCUT2D eigenvalue weighted by atomic mass is 10.0. The van der Waals surface area contributed by atoms with Crippen molar-refractivity contribution in [2.24, 2.45) is 0 Å². The van der Waals surface area contributed by atoms with E-state index in [4.69, 9.17) is 0 Å². The third-order valence-corrected chi connectivity index (χ3v) is 5.77. The van der Waals surface area contributed by atoms with E-state index in [0.29, 0.717) is 5.39 Å². The first kappa shape index (κ1) is 17.1. The number of fused-ring (bicyclic) bond motifs is 2. The van der Waals surface area contributed by atoms with Crippen LogP contribution in [0.15, 0.2) is 53.8 Å². The van der Waals surface area contributed by atoms with Gasteiger partial charge in [-0.05, 0) is 75.3 Å². The molecule has 6 nitrogen and oxygen atoms in total. The quantitative estimate of drug-likeness (QED) is 0.541. The highest BCUT2D eigenvalue weighted by Crippen LogP contribution is 2.24. The number of pyridine rings is 1. The maximum absolute atomic E-state index is 13.0. The van der Waals surface area contributed by atoms with Gasteiger partial charge in [-0.15, -0.1) is 0 Å². The van der Waals surface area contributed by atoms with E-state index in [1.165, 1.54) is 0 Å². The molecule has 0 N–H and O–H groups in total. The molecule has 4 heterocycles. The number of nitrogens with zero attached hydrogens (tertiary/aromatic N) is 5. The summed E-state index contributed by atoms with van der Waals surface area (Å²) in [5.74, 6) is 0. The van der Waals surface area contributed by atoms with Crippen molar-refractivity contribution in [2.45, 2.75) is 25.8 Å². The molecule has 28 heavy (non-hydrogen) atoms. The minimum absolute atomic E-state index is 0.0618. The van der Waals surface area contributed by atoms with Crippen LogP contribution in [0.1, 0.15) is 24.6 Å². The maximum atomic E-state index is 13.0. The van der Waals surface area contributed by atoms with E-state index in [-0.39, 0.29) is 11.6 Å². The molecule has 6 heteroatoms. The molecule has 0 radical (unpaired) electrons. The monoisotopic (exact) mass is 373 g/mol. The normalized spacial score (nSPS) is 16.2. The number of aromatic nitrogens is 4. The van der Waals surface area contributed by atoms with E-state index in [1.807, 2.05) is 46.4 Å². The number of aryl methyl sites for hydroxylation is 1. The summed E-state index contributed by atoms with van der Waals surface area (Å²) >= 11 is 0. The molecule has 5 rings (SSSR count). The first-order valence-electron chi connectivity index (χ1n) is 9.74. The third-order valence-electron chi connectivity index (χ3n) is 5.77. The summed E-state index contributed by atoms with van der Waals surface area (Å²) in [6, 6.07) is 10.2. The number of likely N-dealkylation sites (tertiary alicyclic amines) is 1. The lowest BCUT2D eigenvalue weighted by molar-refractivity contribution is 0.218. The fourth-order valence-corrected chi connectivity index (χ4v) is 4.14. The van der Waals surface area contributed by atoms with E-state index >= 15 is 0 Å². The van der Waals surface area contributed by atoms with E-state index in [1.54, 1.807) is 6.33 Å². The Morgan fingerprint density at radius 1 is 1.04 bits per heavy atom. The highest BCUT2D eigenvalue weighted by Gasteiger charge is 2.20. The van der Waals surface area contributed by atoms with Crippen LogP contribution in [0.3, 0.4) is 0 Å². The molecule has 0 amide bonds. The molecule has 1 aliphatic rings. The summed E-state index contributed by atoms with van der Waals surface area (Å²) in [6.07, 6.45) is 7.79. The van der Waals surface area contributed by atoms with E-state index in [9.17, 15) is 4.79 Å². The molecule has 4 aromatic rings. The predicted octanol–water partition coefficient (Wildman–Crippen LogP) is 3.29. The van der Waals surface area contributed by atoms with Crippen molar-refractivity contribution in [3.63, 3.8) is 0 Å². The van der Waals surface area contributed by atoms with Gasteiger partial charge in [0.05, 0.1) is 22.9 Å². The Labute approximate surface area is 163 Å². The third kappa shape index (κ3) is 2.90. The number of imidazole rings is 1. The van der Waals surface area contributed by atoms with Crippen LogP contribution in [-0.4, -0.2) is 44.0 Å². The zero-order valence-electron chi connectivity index (χ0n) is 16.2. The fourth-order valence-electron chi connectivity index (χ4n) is 4.14. The second kappa shape index (κ2) is 6.56. The smallest absolute Gasteiger partial charge is 0.261 e. The van der Waals surface area contributed by atoms with Crippen molar-refractivity contribution in [1.82, 2.24) is 23.8 Å². The molecule has 0 atom stereocenters. The number of hydrogen-bond acceptors (Lipinski definition) is 4. The summed E-state index contributed by atoms with van der Waals surface area (Å²) in [7, 11) is 2.13. The number of benzene rings is 1. The van der Waals surface area contributed by atoms with Gasteiger partial charge in [-0.25, -0.2) is 9.97 Å². The van der Waals surface area contributed by atoms with Crippen LogP contribution in [0.4, 0.5) is 0 Å². The topological polar surface area (TPSA) is 55.4 Å². The molecule has 1 saturated heterocycles. The minimum atomic E-state index is 0.0618. The Kier molecular flexibility index (Phi) is 4.02. The largest absolute Gasteiger partial charge is 0.306 e. The van der Waals surface area contributed by atoms with Gasteiger partial charge in [-0.2, -0.15) is 0 Å². The van der Waals surface area contributed by atoms with Crippen LogP contribution < -0.4 is 5.56 Å². The van der Waals surface area contributed by atoms with Crippen LogP contribution in [-0.2, 0) is 0 Å². The molecular weight excluding hydrogens is 350 g/mol. The van der Waals surface area contributed by atoms with E-state index < -0.39 is 0 Å². The van der Waals surface area contributed by atoms with Crippen molar-refractivity contribution < 1.29 is 0 Å². The lowest BCUT2D eigenvalue weighted by Gasteiger charge is -2.30. The van der Waals surface area contributed by atoms with Gasteiger partial charge in [0.1, 0.15) is 5.65 Å². The highest BCUT2D eigenvalue weighted by atomic mass is 16.1. The Bertz CT molecular complexity index is 1230. The van der Waals surface area contributed by atoms with Crippen molar-refractivity contribution in [1.29, 1.82) is 0 Å². The standard InChI is InChI=1S/C22H23N5O/c1-15-12-26-13-17(4-6-21(26)24-15)16-3-5-19-20(11-16)23-14-27(22(19)28)18-7-9-25(2)10-8-18/h3-6,11-14,18H,7-10H2,1-2H3. The van der Waals surface area contributed by atoms with Crippen molar-refractivity contribution in [2.75, 3.05) is 20.1 Å². The summed E-state index contributed by atoms with van der Waals surface area (Å²) in [5.41, 5.74) is 4.85.